The lowest BCUT2D eigenvalue weighted by atomic mass is 10.0. The summed E-state index contributed by atoms with van der Waals surface area (Å²) in [6.45, 7) is 8.25. The van der Waals surface area contributed by atoms with Gasteiger partial charge in [-0.2, -0.15) is 0 Å². The molecule has 0 fully saturated rings. The fourth-order valence-corrected chi connectivity index (χ4v) is 1.93. The van der Waals surface area contributed by atoms with Crippen molar-refractivity contribution in [3.05, 3.63) is 53.7 Å². The van der Waals surface area contributed by atoms with E-state index in [1.807, 2.05) is 24.3 Å². The monoisotopic (exact) mass is 270 g/mol. The first-order valence-corrected chi connectivity index (χ1v) is 7.12. The molecule has 0 radical (unpaired) electrons. The molecule has 106 valence electrons. The molecule has 0 aliphatic heterocycles. The summed E-state index contributed by atoms with van der Waals surface area (Å²) in [5.41, 5.74) is 2.49. The van der Waals surface area contributed by atoms with Gasteiger partial charge >= 0.3 is 0 Å². The zero-order valence-electron chi connectivity index (χ0n) is 12.4. The lowest BCUT2D eigenvalue weighted by Gasteiger charge is -2.09. The van der Waals surface area contributed by atoms with E-state index in [1.165, 1.54) is 11.1 Å². The Balaban J connectivity index is 2.05. The first kappa shape index (κ1) is 14.5. The minimum absolute atomic E-state index is 0.533. The van der Waals surface area contributed by atoms with Gasteiger partial charge in [0.25, 0.3) is 0 Å². The highest BCUT2D eigenvalue weighted by atomic mass is 16.5. The summed E-state index contributed by atoms with van der Waals surface area (Å²) in [4.78, 5) is 4.25. The van der Waals surface area contributed by atoms with E-state index >= 15 is 0 Å². The van der Waals surface area contributed by atoms with Crippen LogP contribution in [0, 0.1) is 0 Å². The highest BCUT2D eigenvalue weighted by Crippen LogP contribution is 2.23. The molecule has 2 rings (SSSR count). The van der Waals surface area contributed by atoms with E-state index in [9.17, 15) is 0 Å². The maximum absolute atomic E-state index is 5.79. The quantitative estimate of drug-likeness (QED) is 0.857. The highest BCUT2D eigenvalue weighted by Gasteiger charge is 2.02. The van der Waals surface area contributed by atoms with Gasteiger partial charge in [0.05, 0.1) is 0 Å². The summed E-state index contributed by atoms with van der Waals surface area (Å²) >= 11 is 0. The van der Waals surface area contributed by atoms with Gasteiger partial charge in [0.1, 0.15) is 5.75 Å². The van der Waals surface area contributed by atoms with Crippen LogP contribution in [0.3, 0.4) is 0 Å². The lowest BCUT2D eigenvalue weighted by molar-refractivity contribution is 0.461. The molecule has 1 aromatic carbocycles. The molecule has 0 atom stereocenters. The number of hydrogen-bond acceptors (Lipinski definition) is 3. The molecule has 0 saturated heterocycles. The normalized spacial score (nSPS) is 10.8. The summed E-state index contributed by atoms with van der Waals surface area (Å²) in [5, 5.41) is 3.29. The summed E-state index contributed by atoms with van der Waals surface area (Å²) in [6.07, 6.45) is 1.78. The Morgan fingerprint density at radius 3 is 2.55 bits per heavy atom. The van der Waals surface area contributed by atoms with Gasteiger partial charge in [-0.05, 0) is 41.8 Å². The van der Waals surface area contributed by atoms with Gasteiger partial charge in [-0.25, -0.2) is 4.98 Å². The highest BCUT2D eigenvalue weighted by molar-refractivity contribution is 5.32. The molecule has 3 nitrogen and oxygen atoms in total. The fraction of sp³-hybridized carbons (Fsp3) is 0.353. The molecule has 0 saturated carbocycles. The van der Waals surface area contributed by atoms with Crippen molar-refractivity contribution in [3.63, 3.8) is 0 Å². The van der Waals surface area contributed by atoms with Crippen LogP contribution < -0.4 is 10.1 Å². The molecule has 1 heterocycles. The molecule has 0 aliphatic rings. The second-order valence-electron chi connectivity index (χ2n) is 5.11. The third kappa shape index (κ3) is 4.07. The maximum atomic E-state index is 5.79. The van der Waals surface area contributed by atoms with Gasteiger partial charge in [0, 0.05) is 18.8 Å². The Morgan fingerprint density at radius 2 is 1.90 bits per heavy atom. The second kappa shape index (κ2) is 7.06. The van der Waals surface area contributed by atoms with Crippen molar-refractivity contribution in [2.24, 2.45) is 0 Å². The van der Waals surface area contributed by atoms with Crippen LogP contribution in [0.2, 0.25) is 0 Å². The van der Waals surface area contributed by atoms with E-state index in [2.05, 4.69) is 43.2 Å². The predicted octanol–water partition coefficient (Wildman–Crippen LogP) is 4.11. The molecule has 0 amide bonds. The number of ether oxygens (including phenoxy) is 1. The van der Waals surface area contributed by atoms with Crippen molar-refractivity contribution >= 4 is 0 Å². The van der Waals surface area contributed by atoms with Crippen LogP contribution in [-0.4, -0.2) is 11.5 Å². The van der Waals surface area contributed by atoms with Gasteiger partial charge in [0.15, 0.2) is 0 Å². The first-order valence-electron chi connectivity index (χ1n) is 7.12. The van der Waals surface area contributed by atoms with Crippen LogP contribution in [-0.2, 0) is 6.54 Å². The zero-order valence-corrected chi connectivity index (χ0v) is 12.4. The first-order chi connectivity index (χ1) is 9.69. The standard InChI is InChI=1S/C17H22N2O/c1-4-18-12-14-9-10-19-17(11-14)20-16-7-5-15(6-8-16)13(2)3/h5-11,13,18H,4,12H2,1-3H3. The summed E-state index contributed by atoms with van der Waals surface area (Å²) < 4.78 is 5.79. The third-order valence-electron chi connectivity index (χ3n) is 3.15. The molecule has 0 unspecified atom stereocenters. The number of hydrogen-bond donors (Lipinski definition) is 1. The second-order valence-corrected chi connectivity index (χ2v) is 5.11. The van der Waals surface area contributed by atoms with Crippen molar-refractivity contribution < 1.29 is 4.74 Å². The SMILES string of the molecule is CCNCc1ccnc(Oc2ccc(C(C)C)cc2)c1. The number of benzene rings is 1. The van der Waals surface area contributed by atoms with E-state index < -0.39 is 0 Å². The Morgan fingerprint density at radius 1 is 1.15 bits per heavy atom. The fourth-order valence-electron chi connectivity index (χ4n) is 1.93. The average molecular weight is 270 g/mol. The number of nitrogens with one attached hydrogen (secondary N) is 1. The number of aromatic nitrogens is 1. The number of pyridine rings is 1. The molecule has 0 bridgehead atoms. The summed E-state index contributed by atoms with van der Waals surface area (Å²) in [6, 6.07) is 12.2. The Kier molecular flexibility index (Phi) is 5.13. The number of nitrogens with zero attached hydrogens (tertiary/aromatic N) is 1. The van der Waals surface area contributed by atoms with Gasteiger partial charge < -0.3 is 10.1 Å². The van der Waals surface area contributed by atoms with E-state index in [-0.39, 0.29) is 0 Å². The van der Waals surface area contributed by atoms with Gasteiger partial charge in [-0.15, -0.1) is 0 Å². The molecule has 0 aliphatic carbocycles. The molecule has 0 spiro atoms. The van der Waals surface area contributed by atoms with Gasteiger partial charge in [-0.1, -0.05) is 32.9 Å². The predicted molar refractivity (Wildman–Crippen MR) is 82.2 cm³/mol. The average Bonchev–Trinajstić information content (AvgIpc) is 2.46. The number of rotatable bonds is 6. The molecular weight excluding hydrogens is 248 g/mol. The van der Waals surface area contributed by atoms with Crippen molar-refractivity contribution in [2.75, 3.05) is 6.54 Å². The molecule has 2 aromatic rings. The topological polar surface area (TPSA) is 34.2 Å². The summed E-state index contributed by atoms with van der Waals surface area (Å²) in [5.74, 6) is 1.99. The van der Waals surface area contributed by atoms with Crippen LogP contribution in [0.5, 0.6) is 11.6 Å². The molecule has 1 N–H and O–H groups in total. The molecule has 20 heavy (non-hydrogen) atoms. The van der Waals surface area contributed by atoms with E-state index in [0.717, 1.165) is 18.8 Å². The van der Waals surface area contributed by atoms with Crippen LogP contribution in [0.4, 0.5) is 0 Å². The Bertz CT molecular complexity index is 535. The Labute approximate surface area is 121 Å². The minimum atomic E-state index is 0.533. The Hall–Kier alpha value is -1.87. The van der Waals surface area contributed by atoms with E-state index in [0.29, 0.717) is 11.8 Å². The van der Waals surface area contributed by atoms with E-state index in [4.69, 9.17) is 4.74 Å². The van der Waals surface area contributed by atoms with Gasteiger partial charge in [-0.3, -0.25) is 0 Å². The molecule has 3 heteroatoms. The zero-order chi connectivity index (χ0) is 14.4. The van der Waals surface area contributed by atoms with Crippen LogP contribution in [0.25, 0.3) is 0 Å². The van der Waals surface area contributed by atoms with E-state index in [1.54, 1.807) is 6.20 Å². The van der Waals surface area contributed by atoms with Crippen LogP contribution in [0.1, 0.15) is 37.8 Å². The van der Waals surface area contributed by atoms with Gasteiger partial charge in [0.2, 0.25) is 5.88 Å². The molecular formula is C17H22N2O. The summed E-state index contributed by atoms with van der Waals surface area (Å²) in [7, 11) is 0. The third-order valence-corrected chi connectivity index (χ3v) is 3.15. The van der Waals surface area contributed by atoms with Crippen LogP contribution >= 0.6 is 0 Å². The van der Waals surface area contributed by atoms with Crippen molar-refractivity contribution in [1.82, 2.24) is 10.3 Å². The minimum Gasteiger partial charge on any atom is -0.439 e. The van der Waals surface area contributed by atoms with Crippen molar-refractivity contribution in [3.8, 4) is 11.6 Å². The van der Waals surface area contributed by atoms with Crippen LogP contribution in [0.15, 0.2) is 42.6 Å². The maximum Gasteiger partial charge on any atom is 0.219 e. The smallest absolute Gasteiger partial charge is 0.219 e. The lowest BCUT2D eigenvalue weighted by Crippen LogP contribution is -2.11. The largest absolute Gasteiger partial charge is 0.439 e. The van der Waals surface area contributed by atoms with Crippen molar-refractivity contribution in [2.45, 2.75) is 33.2 Å². The molecule has 1 aromatic heterocycles. The van der Waals surface area contributed by atoms with Crippen molar-refractivity contribution in [1.29, 1.82) is 0 Å².